The van der Waals surface area contributed by atoms with Crippen molar-refractivity contribution >= 4 is 34.9 Å². The Morgan fingerprint density at radius 1 is 1.43 bits per heavy atom. The van der Waals surface area contributed by atoms with Crippen LogP contribution in [0.15, 0.2) is 17.3 Å². The Morgan fingerprint density at radius 3 is 2.78 bits per heavy atom. The summed E-state index contributed by atoms with van der Waals surface area (Å²) in [5, 5.41) is 4.64. The third kappa shape index (κ3) is 4.07. The normalized spacial score (nSPS) is 18.1. The lowest BCUT2D eigenvalue weighted by Gasteiger charge is -2.18. The van der Waals surface area contributed by atoms with E-state index in [2.05, 4.69) is 9.89 Å². The molecule has 1 heterocycles. The molecule has 2 atom stereocenters. The van der Waals surface area contributed by atoms with E-state index in [1.807, 2.05) is 6.92 Å². The minimum absolute atomic E-state index is 0.301. The molecule has 0 radical (unpaired) electrons. The summed E-state index contributed by atoms with van der Waals surface area (Å²) in [5.41, 5.74) is 1.10. The number of carbonyl (C=O) groups excluding carboxylic acids is 1. The van der Waals surface area contributed by atoms with Crippen molar-refractivity contribution in [2.75, 3.05) is 20.3 Å². The minimum atomic E-state index is -0.815. The van der Waals surface area contributed by atoms with Crippen molar-refractivity contribution in [3.63, 3.8) is 0 Å². The van der Waals surface area contributed by atoms with E-state index in [1.54, 1.807) is 13.0 Å². The molecule has 0 saturated heterocycles. The standard InChI is InChI=1S/C15H17Cl2NO5/c1-4-21-13-7-22-18-14(13)9-5-10(16)11(17)6-12(9)23-8(2)15(19)20-3/h5-6,8,13H,4,7H2,1-3H3/t8-,13?/m0/s1. The Labute approximate surface area is 144 Å². The number of benzene rings is 1. The van der Waals surface area contributed by atoms with Crippen LogP contribution in [0.1, 0.15) is 19.4 Å². The van der Waals surface area contributed by atoms with Gasteiger partial charge in [0, 0.05) is 18.2 Å². The van der Waals surface area contributed by atoms with Gasteiger partial charge < -0.3 is 19.0 Å². The molecule has 6 nitrogen and oxygen atoms in total. The number of hydrogen-bond donors (Lipinski definition) is 0. The zero-order chi connectivity index (χ0) is 17.0. The third-order valence-electron chi connectivity index (χ3n) is 3.20. The Morgan fingerprint density at radius 2 is 2.13 bits per heavy atom. The lowest BCUT2D eigenvalue weighted by molar-refractivity contribution is -0.147. The van der Waals surface area contributed by atoms with Gasteiger partial charge in [-0.15, -0.1) is 0 Å². The summed E-state index contributed by atoms with van der Waals surface area (Å²) in [4.78, 5) is 16.7. The summed E-state index contributed by atoms with van der Waals surface area (Å²) in [6, 6.07) is 3.14. The molecular weight excluding hydrogens is 345 g/mol. The zero-order valence-corrected chi connectivity index (χ0v) is 14.5. The molecule has 2 rings (SSSR count). The van der Waals surface area contributed by atoms with E-state index in [0.717, 1.165) is 0 Å². The van der Waals surface area contributed by atoms with Gasteiger partial charge in [0.2, 0.25) is 0 Å². The van der Waals surface area contributed by atoms with Crippen molar-refractivity contribution in [2.24, 2.45) is 5.16 Å². The van der Waals surface area contributed by atoms with E-state index in [9.17, 15) is 4.79 Å². The van der Waals surface area contributed by atoms with E-state index >= 15 is 0 Å². The molecule has 0 aromatic heterocycles. The van der Waals surface area contributed by atoms with Crippen LogP contribution in [0, 0.1) is 0 Å². The Hall–Kier alpha value is -1.50. The highest BCUT2D eigenvalue weighted by Gasteiger charge is 2.29. The molecule has 1 aromatic carbocycles. The van der Waals surface area contributed by atoms with E-state index in [-0.39, 0.29) is 6.10 Å². The fourth-order valence-corrected chi connectivity index (χ4v) is 2.41. The molecule has 0 aliphatic carbocycles. The molecule has 0 saturated carbocycles. The highest BCUT2D eigenvalue weighted by atomic mass is 35.5. The van der Waals surface area contributed by atoms with Crippen molar-refractivity contribution in [3.8, 4) is 5.75 Å². The fourth-order valence-electron chi connectivity index (χ4n) is 2.09. The number of methoxy groups -OCH3 is 1. The summed E-state index contributed by atoms with van der Waals surface area (Å²) in [5.74, 6) is -0.153. The number of oxime groups is 1. The van der Waals surface area contributed by atoms with Crippen molar-refractivity contribution in [3.05, 3.63) is 27.7 Å². The molecule has 0 bridgehead atoms. The fraction of sp³-hybridized carbons (Fsp3) is 0.467. The first-order chi connectivity index (χ1) is 11.0. The Bertz CT molecular complexity index is 620. The van der Waals surface area contributed by atoms with Crippen LogP contribution in [0.2, 0.25) is 10.0 Å². The van der Waals surface area contributed by atoms with Crippen LogP contribution in [0.3, 0.4) is 0 Å². The summed E-state index contributed by atoms with van der Waals surface area (Å²) < 4.78 is 15.9. The van der Waals surface area contributed by atoms with Crippen molar-refractivity contribution in [1.29, 1.82) is 0 Å². The lowest BCUT2D eigenvalue weighted by atomic mass is 10.0. The second kappa shape index (κ2) is 7.86. The quantitative estimate of drug-likeness (QED) is 0.728. The molecule has 126 valence electrons. The molecule has 1 aliphatic heterocycles. The second-order valence-electron chi connectivity index (χ2n) is 4.76. The SMILES string of the molecule is CCOC1CON=C1c1cc(Cl)c(Cl)cc1O[C@@H](C)C(=O)OC. The molecule has 0 fully saturated rings. The number of rotatable bonds is 6. The van der Waals surface area contributed by atoms with E-state index < -0.39 is 12.1 Å². The molecule has 0 amide bonds. The van der Waals surface area contributed by atoms with Gasteiger partial charge in [0.1, 0.15) is 24.2 Å². The third-order valence-corrected chi connectivity index (χ3v) is 3.92. The first-order valence-electron chi connectivity index (χ1n) is 7.03. The maximum Gasteiger partial charge on any atom is 0.346 e. The molecular formula is C15H17Cl2NO5. The zero-order valence-electron chi connectivity index (χ0n) is 13.0. The van der Waals surface area contributed by atoms with Crippen LogP contribution in [0.25, 0.3) is 0 Å². The number of ether oxygens (including phenoxy) is 3. The first-order valence-corrected chi connectivity index (χ1v) is 7.78. The maximum absolute atomic E-state index is 11.6. The lowest BCUT2D eigenvalue weighted by Crippen LogP contribution is -2.28. The summed E-state index contributed by atoms with van der Waals surface area (Å²) in [6.07, 6.45) is -1.16. The monoisotopic (exact) mass is 361 g/mol. The molecule has 1 unspecified atom stereocenters. The van der Waals surface area contributed by atoms with Gasteiger partial charge in [0.05, 0.1) is 17.2 Å². The van der Waals surface area contributed by atoms with Crippen LogP contribution in [0.5, 0.6) is 5.75 Å². The molecule has 1 aromatic rings. The highest BCUT2D eigenvalue weighted by Crippen LogP contribution is 2.33. The smallest absolute Gasteiger partial charge is 0.346 e. The summed E-state index contributed by atoms with van der Waals surface area (Å²) in [6.45, 7) is 4.26. The van der Waals surface area contributed by atoms with Crippen LogP contribution in [-0.4, -0.2) is 44.2 Å². The second-order valence-corrected chi connectivity index (χ2v) is 5.58. The predicted molar refractivity (Wildman–Crippen MR) is 86.5 cm³/mol. The summed E-state index contributed by atoms with van der Waals surface area (Å²) >= 11 is 12.2. The Kier molecular flexibility index (Phi) is 6.10. The van der Waals surface area contributed by atoms with Gasteiger partial charge in [-0.2, -0.15) is 0 Å². The topological polar surface area (TPSA) is 66.3 Å². The van der Waals surface area contributed by atoms with Gasteiger partial charge in [0.25, 0.3) is 0 Å². The van der Waals surface area contributed by atoms with Crippen LogP contribution < -0.4 is 4.74 Å². The molecule has 0 N–H and O–H groups in total. The highest BCUT2D eigenvalue weighted by molar-refractivity contribution is 6.42. The van der Waals surface area contributed by atoms with Crippen LogP contribution in [0.4, 0.5) is 0 Å². The van der Waals surface area contributed by atoms with Gasteiger partial charge in [-0.25, -0.2) is 4.79 Å². The minimum Gasteiger partial charge on any atom is -0.478 e. The molecule has 1 aliphatic rings. The van der Waals surface area contributed by atoms with Gasteiger partial charge >= 0.3 is 5.97 Å². The maximum atomic E-state index is 11.6. The molecule has 0 spiro atoms. The number of carbonyl (C=O) groups is 1. The van der Waals surface area contributed by atoms with Crippen LogP contribution >= 0.6 is 23.2 Å². The van der Waals surface area contributed by atoms with E-state index in [0.29, 0.717) is 40.3 Å². The van der Waals surface area contributed by atoms with Gasteiger partial charge in [-0.1, -0.05) is 28.4 Å². The first kappa shape index (κ1) is 17.8. The number of nitrogens with zero attached hydrogens (tertiary/aromatic N) is 1. The molecule has 23 heavy (non-hydrogen) atoms. The average molecular weight is 362 g/mol. The van der Waals surface area contributed by atoms with Crippen molar-refractivity contribution in [2.45, 2.75) is 26.1 Å². The average Bonchev–Trinajstić information content (AvgIpc) is 2.98. The van der Waals surface area contributed by atoms with Crippen molar-refractivity contribution < 1.29 is 23.8 Å². The van der Waals surface area contributed by atoms with E-state index in [1.165, 1.54) is 13.2 Å². The largest absolute Gasteiger partial charge is 0.478 e. The van der Waals surface area contributed by atoms with Gasteiger partial charge in [-0.05, 0) is 19.9 Å². The van der Waals surface area contributed by atoms with E-state index in [4.69, 9.17) is 37.5 Å². The summed E-state index contributed by atoms with van der Waals surface area (Å²) in [7, 11) is 1.29. The van der Waals surface area contributed by atoms with Gasteiger partial charge in [0.15, 0.2) is 6.10 Å². The van der Waals surface area contributed by atoms with Crippen LogP contribution in [-0.2, 0) is 19.1 Å². The number of halogens is 2. The molecule has 8 heteroatoms. The Balaban J connectivity index is 2.38. The van der Waals surface area contributed by atoms with Crippen molar-refractivity contribution in [1.82, 2.24) is 0 Å². The number of hydrogen-bond acceptors (Lipinski definition) is 6. The van der Waals surface area contributed by atoms with Gasteiger partial charge in [-0.3, -0.25) is 0 Å². The number of esters is 1. The predicted octanol–water partition coefficient (Wildman–Crippen LogP) is 3.07.